The number of hydrogen-bond donors (Lipinski definition) is 1. The van der Waals surface area contributed by atoms with Crippen LogP contribution in [0.4, 0.5) is 0 Å². The number of carbonyl (C=O) groups excluding carboxylic acids is 1. The molecule has 0 saturated heterocycles. The molecule has 0 spiro atoms. The molecule has 3 rings (SSSR count). The number of fused-ring (bicyclic) bond motifs is 1. The van der Waals surface area contributed by atoms with Crippen molar-refractivity contribution in [2.75, 3.05) is 6.61 Å². The maximum absolute atomic E-state index is 12.9. The Balaban J connectivity index is 1.78. The molecule has 1 amide bonds. The van der Waals surface area contributed by atoms with Crippen molar-refractivity contribution in [3.63, 3.8) is 0 Å². The van der Waals surface area contributed by atoms with Crippen molar-refractivity contribution in [3.8, 4) is 5.75 Å². The van der Waals surface area contributed by atoms with E-state index in [1.54, 1.807) is 16.8 Å². The summed E-state index contributed by atoms with van der Waals surface area (Å²) in [5.74, 6) is 0.283. The highest BCUT2D eigenvalue weighted by molar-refractivity contribution is 5.97. The molecular weight excluding hydrogens is 352 g/mol. The van der Waals surface area contributed by atoms with Gasteiger partial charge >= 0.3 is 0 Å². The first-order chi connectivity index (χ1) is 13.5. The van der Waals surface area contributed by atoms with Crippen molar-refractivity contribution >= 4 is 16.8 Å². The molecule has 5 heteroatoms. The second kappa shape index (κ2) is 8.74. The fourth-order valence-electron chi connectivity index (χ4n) is 3.29. The van der Waals surface area contributed by atoms with E-state index >= 15 is 0 Å². The van der Waals surface area contributed by atoms with Gasteiger partial charge in [-0.15, -0.1) is 0 Å². The summed E-state index contributed by atoms with van der Waals surface area (Å²) in [5.41, 5.74) is 1.87. The van der Waals surface area contributed by atoms with Crippen LogP contribution in [0, 0.1) is 0 Å². The van der Waals surface area contributed by atoms with Crippen LogP contribution in [-0.2, 0) is 13.5 Å². The molecular formula is C23H26N2O3. The van der Waals surface area contributed by atoms with Crippen LogP contribution in [0.3, 0.4) is 0 Å². The van der Waals surface area contributed by atoms with Crippen LogP contribution >= 0.6 is 0 Å². The van der Waals surface area contributed by atoms with Crippen LogP contribution in [0.2, 0.25) is 0 Å². The molecule has 1 unspecified atom stereocenters. The number of ether oxygens (including phenoxy) is 1. The molecule has 3 aromatic rings. The summed E-state index contributed by atoms with van der Waals surface area (Å²) < 4.78 is 7.30. The molecule has 2 aromatic carbocycles. The van der Waals surface area contributed by atoms with Gasteiger partial charge in [0.15, 0.2) is 0 Å². The van der Waals surface area contributed by atoms with Gasteiger partial charge in [0, 0.05) is 19.3 Å². The number of aryl methyl sites for hydroxylation is 2. The summed E-state index contributed by atoms with van der Waals surface area (Å²) in [5, 5.41) is 3.44. The van der Waals surface area contributed by atoms with Crippen molar-refractivity contribution in [2.24, 2.45) is 7.05 Å². The van der Waals surface area contributed by atoms with E-state index < -0.39 is 0 Å². The van der Waals surface area contributed by atoms with Gasteiger partial charge in [-0.05, 0) is 50.5 Å². The smallest absolute Gasteiger partial charge is 0.256 e. The van der Waals surface area contributed by atoms with Crippen molar-refractivity contribution < 1.29 is 9.53 Å². The van der Waals surface area contributed by atoms with Crippen LogP contribution in [0.1, 0.15) is 36.2 Å². The lowest BCUT2D eigenvalue weighted by molar-refractivity contribution is 0.0937. The van der Waals surface area contributed by atoms with Crippen LogP contribution in [0.25, 0.3) is 10.9 Å². The van der Waals surface area contributed by atoms with E-state index in [1.807, 2.05) is 51.2 Å². The molecule has 0 radical (unpaired) electrons. The molecule has 0 aliphatic carbocycles. The average Bonchev–Trinajstić information content (AvgIpc) is 2.70. The number of rotatable bonds is 7. The van der Waals surface area contributed by atoms with Gasteiger partial charge in [0.25, 0.3) is 5.91 Å². The van der Waals surface area contributed by atoms with E-state index in [-0.39, 0.29) is 22.9 Å². The van der Waals surface area contributed by atoms with Gasteiger partial charge in [-0.25, -0.2) is 0 Å². The summed E-state index contributed by atoms with van der Waals surface area (Å²) in [6, 6.07) is 15.5. The summed E-state index contributed by atoms with van der Waals surface area (Å²) >= 11 is 0. The van der Waals surface area contributed by atoms with Gasteiger partial charge in [0.1, 0.15) is 11.3 Å². The zero-order valence-corrected chi connectivity index (χ0v) is 16.6. The maximum Gasteiger partial charge on any atom is 0.256 e. The molecule has 146 valence electrons. The van der Waals surface area contributed by atoms with Crippen LogP contribution in [0.15, 0.2) is 59.5 Å². The Hall–Kier alpha value is -3.08. The van der Waals surface area contributed by atoms with E-state index in [4.69, 9.17) is 4.74 Å². The normalized spacial score (nSPS) is 12.0. The lowest BCUT2D eigenvalue weighted by Gasteiger charge is -2.15. The highest BCUT2D eigenvalue weighted by Gasteiger charge is 2.17. The monoisotopic (exact) mass is 378 g/mol. The molecule has 1 N–H and O–H groups in total. The van der Waals surface area contributed by atoms with E-state index in [1.165, 1.54) is 5.56 Å². The predicted octanol–water partition coefficient (Wildman–Crippen LogP) is 3.69. The lowest BCUT2D eigenvalue weighted by Crippen LogP contribution is -2.36. The molecule has 0 aliphatic heterocycles. The van der Waals surface area contributed by atoms with E-state index in [2.05, 4.69) is 17.4 Å². The van der Waals surface area contributed by atoms with E-state index in [9.17, 15) is 9.59 Å². The third-order valence-electron chi connectivity index (χ3n) is 4.80. The Morgan fingerprint density at radius 1 is 1.18 bits per heavy atom. The highest BCUT2D eigenvalue weighted by atomic mass is 16.5. The molecule has 28 heavy (non-hydrogen) atoms. The second-order valence-corrected chi connectivity index (χ2v) is 6.99. The third-order valence-corrected chi connectivity index (χ3v) is 4.80. The summed E-state index contributed by atoms with van der Waals surface area (Å²) in [7, 11) is 1.83. The highest BCUT2D eigenvalue weighted by Crippen LogP contribution is 2.19. The molecule has 0 saturated carbocycles. The average molecular weight is 378 g/mol. The number of carbonyl (C=O) groups is 1. The largest absolute Gasteiger partial charge is 0.494 e. The second-order valence-electron chi connectivity index (χ2n) is 6.99. The predicted molar refractivity (Wildman–Crippen MR) is 112 cm³/mol. The standard InChI is InChI=1S/C23H26N2O3/c1-4-28-18-12-13-21-19(14-18)22(26)20(15-25(21)3)23(27)24-16(2)10-11-17-8-6-5-7-9-17/h5-9,12-16H,4,10-11H2,1-3H3,(H,24,27). The van der Waals surface area contributed by atoms with Gasteiger partial charge in [0.2, 0.25) is 5.43 Å². The van der Waals surface area contributed by atoms with E-state index in [0.29, 0.717) is 17.7 Å². The Labute approximate surface area is 165 Å². The number of nitrogens with zero attached hydrogens (tertiary/aromatic N) is 1. The number of amides is 1. The zero-order chi connectivity index (χ0) is 20.1. The van der Waals surface area contributed by atoms with Gasteiger partial charge in [0.05, 0.1) is 17.5 Å². The Bertz CT molecular complexity index is 1030. The van der Waals surface area contributed by atoms with Crippen molar-refractivity contribution in [1.29, 1.82) is 0 Å². The minimum absolute atomic E-state index is 0.0390. The molecule has 1 aromatic heterocycles. The SMILES string of the molecule is CCOc1ccc2c(c1)c(=O)c(C(=O)NC(C)CCc1ccccc1)cn2C. The maximum atomic E-state index is 12.9. The summed E-state index contributed by atoms with van der Waals surface area (Å²) in [4.78, 5) is 25.6. The lowest BCUT2D eigenvalue weighted by atomic mass is 10.1. The first-order valence-corrected chi connectivity index (χ1v) is 9.60. The Morgan fingerprint density at radius 2 is 1.93 bits per heavy atom. The minimum Gasteiger partial charge on any atom is -0.494 e. The number of hydrogen-bond acceptors (Lipinski definition) is 3. The van der Waals surface area contributed by atoms with Crippen LogP contribution in [0.5, 0.6) is 5.75 Å². The Morgan fingerprint density at radius 3 is 2.64 bits per heavy atom. The van der Waals surface area contributed by atoms with Crippen molar-refractivity contribution in [1.82, 2.24) is 9.88 Å². The topological polar surface area (TPSA) is 60.3 Å². The van der Waals surface area contributed by atoms with Crippen molar-refractivity contribution in [2.45, 2.75) is 32.7 Å². The van der Waals surface area contributed by atoms with E-state index in [0.717, 1.165) is 18.4 Å². The number of aromatic nitrogens is 1. The van der Waals surface area contributed by atoms with Gasteiger partial charge in [-0.1, -0.05) is 30.3 Å². The number of nitrogens with one attached hydrogen (secondary N) is 1. The quantitative estimate of drug-likeness (QED) is 0.682. The van der Waals surface area contributed by atoms with Crippen molar-refractivity contribution in [3.05, 3.63) is 76.1 Å². The molecule has 1 heterocycles. The fourth-order valence-corrected chi connectivity index (χ4v) is 3.29. The third kappa shape index (κ3) is 4.42. The first-order valence-electron chi connectivity index (χ1n) is 9.60. The van der Waals surface area contributed by atoms with Gasteiger partial charge in [-0.2, -0.15) is 0 Å². The molecule has 0 aliphatic rings. The molecule has 0 fully saturated rings. The summed E-state index contributed by atoms with van der Waals surface area (Å²) in [6.07, 6.45) is 3.28. The minimum atomic E-state index is -0.343. The van der Waals surface area contributed by atoms with Crippen LogP contribution in [-0.4, -0.2) is 23.1 Å². The fraction of sp³-hybridized carbons (Fsp3) is 0.304. The van der Waals surface area contributed by atoms with Crippen LogP contribution < -0.4 is 15.5 Å². The zero-order valence-electron chi connectivity index (χ0n) is 16.6. The van der Waals surface area contributed by atoms with Gasteiger partial charge < -0.3 is 14.6 Å². The molecule has 5 nitrogen and oxygen atoms in total. The molecule has 0 bridgehead atoms. The number of benzene rings is 2. The molecule has 1 atom stereocenters. The summed E-state index contributed by atoms with van der Waals surface area (Å²) in [6.45, 7) is 4.37. The number of pyridine rings is 1. The van der Waals surface area contributed by atoms with Gasteiger partial charge in [-0.3, -0.25) is 9.59 Å². The Kier molecular flexibility index (Phi) is 6.14. The first kappa shape index (κ1) is 19.7.